The minimum Gasteiger partial charge on any atom is -0.378 e. The summed E-state index contributed by atoms with van der Waals surface area (Å²) in [4.78, 5) is 14.2. The molecule has 0 aromatic carbocycles. The molecule has 1 heterocycles. The Bertz CT molecular complexity index is 219. The maximum atomic E-state index is 12.0. The van der Waals surface area contributed by atoms with Crippen LogP contribution in [0, 0.1) is 11.3 Å². The van der Waals surface area contributed by atoms with Crippen molar-refractivity contribution in [2.45, 2.75) is 33.6 Å². The molecular formula is C12H21NO. The van der Waals surface area contributed by atoms with Crippen LogP contribution in [0.25, 0.3) is 0 Å². The van der Waals surface area contributed by atoms with Gasteiger partial charge in [0.25, 0.3) is 0 Å². The monoisotopic (exact) mass is 195 g/mol. The number of hydrogen-bond acceptors (Lipinski definition) is 2. The molecule has 1 fully saturated rings. The molecule has 0 radical (unpaired) electrons. The summed E-state index contributed by atoms with van der Waals surface area (Å²) >= 11 is 0. The van der Waals surface area contributed by atoms with E-state index in [2.05, 4.69) is 11.5 Å². The highest BCUT2D eigenvalue weighted by Crippen LogP contribution is 2.27. The van der Waals surface area contributed by atoms with Gasteiger partial charge in [-0.05, 0) is 19.0 Å². The quantitative estimate of drug-likeness (QED) is 0.674. The molecule has 14 heavy (non-hydrogen) atoms. The van der Waals surface area contributed by atoms with E-state index in [0.29, 0.717) is 5.78 Å². The molecule has 0 unspecified atom stereocenters. The molecular weight excluding hydrogens is 174 g/mol. The third-order valence-electron chi connectivity index (χ3n) is 2.90. The molecule has 1 rings (SSSR count). The van der Waals surface area contributed by atoms with Crippen molar-refractivity contribution in [3.05, 3.63) is 12.8 Å². The zero-order valence-corrected chi connectivity index (χ0v) is 9.55. The number of carbonyl (C=O) groups is 1. The first-order chi connectivity index (χ1) is 6.45. The minimum absolute atomic E-state index is 0.180. The van der Waals surface area contributed by atoms with E-state index in [1.54, 1.807) is 0 Å². The first kappa shape index (κ1) is 11.3. The van der Waals surface area contributed by atoms with E-state index < -0.39 is 0 Å². The number of likely N-dealkylation sites (tertiary alicyclic amines) is 1. The van der Waals surface area contributed by atoms with E-state index in [0.717, 1.165) is 25.9 Å². The number of ketones is 1. The van der Waals surface area contributed by atoms with E-state index >= 15 is 0 Å². The Morgan fingerprint density at radius 3 is 2.21 bits per heavy atom. The summed E-state index contributed by atoms with van der Waals surface area (Å²) in [5.74, 6) is 0.687. The molecule has 0 saturated carbocycles. The van der Waals surface area contributed by atoms with Crippen molar-refractivity contribution in [1.82, 2.24) is 4.90 Å². The van der Waals surface area contributed by atoms with Gasteiger partial charge in [0, 0.05) is 24.4 Å². The van der Waals surface area contributed by atoms with Crippen LogP contribution in [0.2, 0.25) is 0 Å². The Labute approximate surface area is 87.0 Å². The van der Waals surface area contributed by atoms with Gasteiger partial charge in [-0.1, -0.05) is 27.4 Å². The Hall–Kier alpha value is -0.790. The van der Waals surface area contributed by atoms with Crippen LogP contribution >= 0.6 is 0 Å². The highest BCUT2D eigenvalue weighted by molar-refractivity contribution is 5.86. The number of rotatable bonds is 2. The van der Waals surface area contributed by atoms with Crippen LogP contribution in [-0.4, -0.2) is 23.8 Å². The summed E-state index contributed by atoms with van der Waals surface area (Å²) in [6, 6.07) is 0. The average molecular weight is 195 g/mol. The number of nitrogens with zero attached hydrogens (tertiary/aromatic N) is 1. The van der Waals surface area contributed by atoms with Gasteiger partial charge in [-0.15, -0.1) is 0 Å². The van der Waals surface area contributed by atoms with Crippen LogP contribution in [0.1, 0.15) is 33.6 Å². The molecule has 2 heteroatoms. The highest BCUT2D eigenvalue weighted by atomic mass is 16.1. The van der Waals surface area contributed by atoms with E-state index in [9.17, 15) is 4.79 Å². The second-order valence-electron chi connectivity index (χ2n) is 5.11. The van der Waals surface area contributed by atoms with E-state index in [-0.39, 0.29) is 11.3 Å². The molecule has 1 aliphatic heterocycles. The molecule has 0 amide bonds. The number of Topliss-reactive ketones (excluding diaryl/α,β-unsaturated/α-hetero) is 1. The molecule has 0 N–H and O–H groups in total. The molecule has 2 nitrogen and oxygen atoms in total. The van der Waals surface area contributed by atoms with Crippen molar-refractivity contribution in [3.8, 4) is 0 Å². The lowest BCUT2D eigenvalue weighted by Crippen LogP contribution is -2.37. The largest absolute Gasteiger partial charge is 0.378 e. The fourth-order valence-corrected chi connectivity index (χ4v) is 1.96. The first-order valence-electron chi connectivity index (χ1n) is 5.36. The van der Waals surface area contributed by atoms with Crippen LogP contribution in [0.15, 0.2) is 12.8 Å². The number of carbonyl (C=O) groups excluding carboxylic acids is 1. The van der Waals surface area contributed by atoms with Gasteiger partial charge in [0.2, 0.25) is 0 Å². The van der Waals surface area contributed by atoms with Crippen molar-refractivity contribution in [2.24, 2.45) is 11.3 Å². The lowest BCUT2D eigenvalue weighted by atomic mass is 9.79. The van der Waals surface area contributed by atoms with Gasteiger partial charge in [-0.25, -0.2) is 0 Å². The lowest BCUT2D eigenvalue weighted by Gasteiger charge is -2.33. The second-order valence-corrected chi connectivity index (χ2v) is 5.11. The smallest absolute Gasteiger partial charge is 0.141 e. The summed E-state index contributed by atoms with van der Waals surface area (Å²) in [6.07, 6.45) is 3.85. The van der Waals surface area contributed by atoms with Crippen LogP contribution in [0.3, 0.4) is 0 Å². The topological polar surface area (TPSA) is 20.3 Å². The van der Waals surface area contributed by atoms with Crippen LogP contribution in [0.5, 0.6) is 0 Å². The summed E-state index contributed by atoms with van der Waals surface area (Å²) in [6.45, 7) is 11.7. The van der Waals surface area contributed by atoms with Gasteiger partial charge < -0.3 is 4.90 Å². The summed E-state index contributed by atoms with van der Waals surface area (Å²) in [7, 11) is 0. The number of piperidine rings is 1. The fraction of sp³-hybridized carbons (Fsp3) is 0.750. The highest BCUT2D eigenvalue weighted by Gasteiger charge is 2.31. The van der Waals surface area contributed by atoms with Crippen molar-refractivity contribution in [2.75, 3.05) is 13.1 Å². The molecule has 0 aromatic rings. The molecule has 0 aromatic heterocycles. The average Bonchev–Trinajstić information content (AvgIpc) is 2.15. The predicted octanol–water partition coefficient (Wildman–Crippen LogP) is 2.46. The third-order valence-corrected chi connectivity index (χ3v) is 2.90. The molecule has 0 bridgehead atoms. The van der Waals surface area contributed by atoms with Gasteiger partial charge in [-0.2, -0.15) is 0 Å². The van der Waals surface area contributed by atoms with Gasteiger partial charge in [0.1, 0.15) is 5.78 Å². The molecule has 80 valence electrons. The van der Waals surface area contributed by atoms with Crippen LogP contribution in [-0.2, 0) is 4.79 Å². The summed E-state index contributed by atoms with van der Waals surface area (Å²) in [5, 5.41) is 0. The van der Waals surface area contributed by atoms with Crippen molar-refractivity contribution >= 4 is 5.78 Å². The normalized spacial score (nSPS) is 19.5. The standard InChI is InChI=1S/C12H21NO/c1-5-13-8-6-10(7-9-13)11(14)12(2,3)4/h5,10H,1,6-9H2,2-4H3. The van der Waals surface area contributed by atoms with Crippen molar-refractivity contribution in [3.63, 3.8) is 0 Å². The Kier molecular flexibility index (Phi) is 3.35. The first-order valence-corrected chi connectivity index (χ1v) is 5.36. The van der Waals surface area contributed by atoms with Gasteiger partial charge in [-0.3, -0.25) is 4.79 Å². The zero-order valence-electron chi connectivity index (χ0n) is 9.55. The minimum atomic E-state index is -0.180. The van der Waals surface area contributed by atoms with Gasteiger partial charge >= 0.3 is 0 Å². The Morgan fingerprint density at radius 1 is 1.36 bits per heavy atom. The molecule has 0 spiro atoms. The lowest BCUT2D eigenvalue weighted by molar-refractivity contribution is -0.131. The van der Waals surface area contributed by atoms with Crippen molar-refractivity contribution in [1.29, 1.82) is 0 Å². The maximum absolute atomic E-state index is 12.0. The van der Waals surface area contributed by atoms with Gasteiger partial charge in [0.05, 0.1) is 0 Å². The summed E-state index contributed by atoms with van der Waals surface area (Å²) < 4.78 is 0. The predicted molar refractivity (Wildman–Crippen MR) is 59.0 cm³/mol. The number of hydrogen-bond donors (Lipinski definition) is 0. The molecule has 1 aliphatic rings. The molecule has 1 saturated heterocycles. The van der Waals surface area contributed by atoms with E-state index in [1.807, 2.05) is 27.0 Å². The third kappa shape index (κ3) is 2.60. The van der Waals surface area contributed by atoms with E-state index in [4.69, 9.17) is 0 Å². The van der Waals surface area contributed by atoms with Gasteiger partial charge in [0.15, 0.2) is 0 Å². The fourth-order valence-electron chi connectivity index (χ4n) is 1.96. The van der Waals surface area contributed by atoms with Crippen LogP contribution < -0.4 is 0 Å². The summed E-state index contributed by atoms with van der Waals surface area (Å²) in [5.41, 5.74) is -0.180. The molecule has 0 atom stereocenters. The zero-order chi connectivity index (χ0) is 10.8. The van der Waals surface area contributed by atoms with Crippen LogP contribution in [0.4, 0.5) is 0 Å². The second kappa shape index (κ2) is 4.16. The maximum Gasteiger partial charge on any atom is 0.141 e. The Balaban J connectivity index is 2.50. The SMILES string of the molecule is C=CN1CCC(C(=O)C(C)(C)C)CC1. The van der Waals surface area contributed by atoms with Crippen molar-refractivity contribution < 1.29 is 4.79 Å². The van der Waals surface area contributed by atoms with E-state index in [1.165, 1.54) is 0 Å². The Morgan fingerprint density at radius 2 is 1.86 bits per heavy atom. The molecule has 0 aliphatic carbocycles.